The molecule has 3 rings (SSSR count). The third-order valence-electron chi connectivity index (χ3n) is 3.60. The van der Waals surface area contributed by atoms with Crippen LogP contribution in [0.15, 0.2) is 41.3 Å². The lowest BCUT2D eigenvalue weighted by Crippen LogP contribution is -2.45. The maximum absolute atomic E-state index is 12.7. The lowest BCUT2D eigenvalue weighted by atomic mass is 10.1. The summed E-state index contributed by atoms with van der Waals surface area (Å²) in [4.78, 5) is 12.1. The van der Waals surface area contributed by atoms with Crippen molar-refractivity contribution in [2.75, 3.05) is 11.4 Å². The molecular formula is C14H14N2O3S. The molecule has 20 heavy (non-hydrogen) atoms. The minimum absolute atomic E-state index is 0.265. The van der Waals surface area contributed by atoms with Gasteiger partial charge in [-0.25, -0.2) is 8.42 Å². The predicted molar refractivity (Wildman–Crippen MR) is 77.1 cm³/mol. The van der Waals surface area contributed by atoms with E-state index in [1.807, 2.05) is 12.1 Å². The normalized spacial score (nSPS) is 17.2. The molecule has 0 unspecified atom stereocenters. The van der Waals surface area contributed by atoms with Gasteiger partial charge in [0.25, 0.3) is 10.0 Å². The quantitative estimate of drug-likeness (QED) is 0.911. The summed E-state index contributed by atoms with van der Waals surface area (Å²) in [7, 11) is -2.19. The van der Waals surface area contributed by atoms with Crippen molar-refractivity contribution in [2.45, 2.75) is 17.9 Å². The highest BCUT2D eigenvalue weighted by molar-refractivity contribution is 7.93. The third kappa shape index (κ3) is 1.54. The van der Waals surface area contributed by atoms with Crippen molar-refractivity contribution >= 4 is 32.4 Å². The maximum Gasteiger partial charge on any atom is 0.265 e. The molecule has 2 aromatic carbocycles. The molecule has 0 aliphatic carbocycles. The van der Waals surface area contributed by atoms with Crippen molar-refractivity contribution in [3.8, 4) is 0 Å². The van der Waals surface area contributed by atoms with E-state index < -0.39 is 16.1 Å². The summed E-state index contributed by atoms with van der Waals surface area (Å²) >= 11 is 0. The van der Waals surface area contributed by atoms with E-state index in [0.29, 0.717) is 11.1 Å². The SMILES string of the molecule is CNC(=O)[C@@H](C)N1c2cccc3cccc(c23)S1(=O)=O. The number of sulfonamides is 1. The number of hydrogen-bond donors (Lipinski definition) is 1. The average Bonchev–Trinajstić information content (AvgIpc) is 2.68. The molecule has 104 valence electrons. The molecule has 0 fully saturated rings. The summed E-state index contributed by atoms with van der Waals surface area (Å²) in [5, 5.41) is 4.04. The number of carbonyl (C=O) groups excluding carboxylic acids is 1. The lowest BCUT2D eigenvalue weighted by Gasteiger charge is -2.24. The monoisotopic (exact) mass is 290 g/mol. The number of carbonyl (C=O) groups is 1. The van der Waals surface area contributed by atoms with Gasteiger partial charge in [0.2, 0.25) is 5.91 Å². The largest absolute Gasteiger partial charge is 0.357 e. The first-order valence-corrected chi connectivity index (χ1v) is 7.70. The van der Waals surface area contributed by atoms with Crippen LogP contribution in [0.5, 0.6) is 0 Å². The van der Waals surface area contributed by atoms with Crippen LogP contribution in [0.4, 0.5) is 5.69 Å². The van der Waals surface area contributed by atoms with Crippen LogP contribution in [0.1, 0.15) is 6.92 Å². The molecule has 1 aliphatic rings. The predicted octanol–water partition coefficient (Wildman–Crippen LogP) is 1.48. The van der Waals surface area contributed by atoms with Gasteiger partial charge in [0.15, 0.2) is 0 Å². The molecule has 1 heterocycles. The second-order valence-corrected chi connectivity index (χ2v) is 6.51. The van der Waals surface area contributed by atoms with E-state index in [1.165, 1.54) is 11.4 Å². The summed E-state index contributed by atoms with van der Waals surface area (Å²) in [5.41, 5.74) is 0.564. The Kier molecular flexibility index (Phi) is 2.72. The van der Waals surface area contributed by atoms with Crippen LogP contribution in [0.3, 0.4) is 0 Å². The van der Waals surface area contributed by atoms with Gasteiger partial charge in [-0.1, -0.05) is 24.3 Å². The number of nitrogens with zero attached hydrogens (tertiary/aromatic N) is 1. The number of anilines is 1. The Morgan fingerprint density at radius 1 is 1.20 bits per heavy atom. The lowest BCUT2D eigenvalue weighted by molar-refractivity contribution is -0.121. The molecular weight excluding hydrogens is 276 g/mol. The van der Waals surface area contributed by atoms with Crippen molar-refractivity contribution in [2.24, 2.45) is 0 Å². The molecule has 1 atom stereocenters. The summed E-state index contributed by atoms with van der Waals surface area (Å²) in [6, 6.07) is 9.77. The molecule has 2 aromatic rings. The van der Waals surface area contributed by atoms with E-state index in [9.17, 15) is 13.2 Å². The minimum Gasteiger partial charge on any atom is -0.357 e. The average molecular weight is 290 g/mol. The molecule has 6 heteroatoms. The summed E-state index contributed by atoms with van der Waals surface area (Å²) < 4.78 is 26.5. The number of amides is 1. The van der Waals surface area contributed by atoms with Gasteiger partial charge in [-0.05, 0) is 24.4 Å². The highest BCUT2D eigenvalue weighted by Crippen LogP contribution is 2.42. The Morgan fingerprint density at radius 2 is 1.85 bits per heavy atom. The van der Waals surface area contributed by atoms with E-state index in [4.69, 9.17) is 0 Å². The van der Waals surface area contributed by atoms with Gasteiger partial charge in [-0.2, -0.15) is 0 Å². The van der Waals surface area contributed by atoms with Gasteiger partial charge in [0, 0.05) is 12.4 Å². The second kappa shape index (κ2) is 4.21. The van der Waals surface area contributed by atoms with Crippen LogP contribution in [0.2, 0.25) is 0 Å². The Morgan fingerprint density at radius 3 is 2.50 bits per heavy atom. The fraction of sp³-hybridized carbons (Fsp3) is 0.214. The first kappa shape index (κ1) is 12.9. The molecule has 0 radical (unpaired) electrons. The minimum atomic E-state index is -3.68. The summed E-state index contributed by atoms with van der Waals surface area (Å²) in [6.07, 6.45) is 0. The topological polar surface area (TPSA) is 66.5 Å². The van der Waals surface area contributed by atoms with Crippen LogP contribution in [-0.4, -0.2) is 27.4 Å². The first-order chi connectivity index (χ1) is 9.48. The van der Waals surface area contributed by atoms with E-state index in [-0.39, 0.29) is 10.8 Å². The fourth-order valence-electron chi connectivity index (χ4n) is 2.65. The molecule has 1 amide bonds. The van der Waals surface area contributed by atoms with Crippen molar-refractivity contribution in [1.29, 1.82) is 0 Å². The van der Waals surface area contributed by atoms with Crippen LogP contribution < -0.4 is 9.62 Å². The van der Waals surface area contributed by atoms with E-state index >= 15 is 0 Å². The first-order valence-electron chi connectivity index (χ1n) is 6.26. The number of benzene rings is 2. The number of hydrogen-bond acceptors (Lipinski definition) is 3. The molecule has 0 saturated heterocycles. The molecule has 0 spiro atoms. The van der Waals surface area contributed by atoms with Crippen molar-refractivity contribution < 1.29 is 13.2 Å². The van der Waals surface area contributed by atoms with Crippen LogP contribution in [-0.2, 0) is 14.8 Å². The van der Waals surface area contributed by atoms with Gasteiger partial charge < -0.3 is 5.32 Å². The highest BCUT2D eigenvalue weighted by Gasteiger charge is 2.40. The van der Waals surface area contributed by atoms with Gasteiger partial charge in [0.1, 0.15) is 6.04 Å². The molecule has 0 aromatic heterocycles. The smallest absolute Gasteiger partial charge is 0.265 e. The molecule has 0 bridgehead atoms. The summed E-state index contributed by atoms with van der Waals surface area (Å²) in [6.45, 7) is 1.58. The van der Waals surface area contributed by atoms with E-state index in [2.05, 4.69) is 5.32 Å². The zero-order valence-electron chi connectivity index (χ0n) is 11.1. The maximum atomic E-state index is 12.7. The zero-order chi connectivity index (χ0) is 14.5. The molecule has 1 aliphatic heterocycles. The highest BCUT2D eigenvalue weighted by atomic mass is 32.2. The van der Waals surface area contributed by atoms with E-state index in [0.717, 1.165) is 5.39 Å². The van der Waals surface area contributed by atoms with Gasteiger partial charge in [-0.3, -0.25) is 9.10 Å². The number of rotatable bonds is 2. The van der Waals surface area contributed by atoms with Crippen LogP contribution in [0, 0.1) is 0 Å². The third-order valence-corrected chi connectivity index (χ3v) is 5.52. The number of nitrogens with one attached hydrogen (secondary N) is 1. The molecule has 0 saturated carbocycles. The fourth-order valence-corrected chi connectivity index (χ4v) is 4.52. The Hall–Kier alpha value is -2.08. The number of likely N-dealkylation sites (N-methyl/N-ethyl adjacent to an activating group) is 1. The van der Waals surface area contributed by atoms with Crippen molar-refractivity contribution in [3.63, 3.8) is 0 Å². The van der Waals surface area contributed by atoms with Gasteiger partial charge in [0.05, 0.1) is 10.6 Å². The molecule has 1 N–H and O–H groups in total. The Balaban J connectivity index is 2.31. The van der Waals surface area contributed by atoms with Crippen LogP contribution >= 0.6 is 0 Å². The summed E-state index contributed by atoms with van der Waals surface area (Å²) in [5.74, 6) is -0.335. The second-order valence-electron chi connectivity index (χ2n) is 4.72. The standard InChI is InChI=1S/C14H14N2O3S/c1-9(14(17)15-2)16-11-7-3-5-10-6-4-8-12(13(10)11)20(16,18)19/h3-9H,1-2H3,(H,15,17)/t9-/m1/s1. The van der Waals surface area contributed by atoms with Gasteiger partial charge >= 0.3 is 0 Å². The Labute approximate surface area is 117 Å². The van der Waals surface area contributed by atoms with Crippen molar-refractivity contribution in [1.82, 2.24) is 5.32 Å². The van der Waals surface area contributed by atoms with Crippen molar-refractivity contribution in [3.05, 3.63) is 36.4 Å². The zero-order valence-corrected chi connectivity index (χ0v) is 11.9. The van der Waals surface area contributed by atoms with E-state index in [1.54, 1.807) is 31.2 Å². The Bertz CT molecular complexity index is 809. The molecule has 5 nitrogen and oxygen atoms in total. The van der Waals surface area contributed by atoms with Gasteiger partial charge in [-0.15, -0.1) is 0 Å². The van der Waals surface area contributed by atoms with Crippen LogP contribution in [0.25, 0.3) is 10.8 Å².